The first-order valence-electron chi connectivity index (χ1n) is 4.53. The Hall–Kier alpha value is -0.460. The zero-order chi connectivity index (χ0) is 12.1. The van der Waals surface area contributed by atoms with Crippen molar-refractivity contribution in [3.05, 3.63) is 33.4 Å². The Kier molecular flexibility index (Phi) is 5.37. The van der Waals surface area contributed by atoms with Gasteiger partial charge in [-0.3, -0.25) is 0 Å². The normalized spacial score (nSPS) is 9.69. The van der Waals surface area contributed by atoms with E-state index in [9.17, 15) is 0 Å². The molecule has 1 aromatic heterocycles. The van der Waals surface area contributed by atoms with Crippen molar-refractivity contribution < 1.29 is 0 Å². The summed E-state index contributed by atoms with van der Waals surface area (Å²) in [7, 11) is 0. The Morgan fingerprint density at radius 3 is 2.88 bits per heavy atom. The molecule has 6 heteroatoms. The van der Waals surface area contributed by atoms with Crippen LogP contribution in [0.15, 0.2) is 27.7 Å². The first-order valence-corrected chi connectivity index (χ1v) is 6.52. The molecule has 0 radical (unpaired) electrons. The van der Waals surface area contributed by atoms with Crippen molar-refractivity contribution in [2.75, 3.05) is 11.9 Å². The van der Waals surface area contributed by atoms with Gasteiger partial charge in [-0.25, -0.2) is 4.98 Å². The highest BCUT2D eigenvalue weighted by Crippen LogP contribution is 2.26. The monoisotopic (exact) mass is 363 g/mol. The quantitative estimate of drug-likeness (QED) is 0.636. The highest BCUT2D eigenvalue weighted by atomic mass is 79.9. The second-order valence-electron chi connectivity index (χ2n) is 3.01. The predicted octanol–water partition coefficient (Wildman–Crippen LogP) is 3.39. The molecule has 0 aliphatic carbocycles. The summed E-state index contributed by atoms with van der Waals surface area (Å²) in [6.07, 6.45) is 1.74. The van der Waals surface area contributed by atoms with E-state index in [0.717, 1.165) is 14.6 Å². The molecule has 0 bridgehead atoms. The molecule has 16 heavy (non-hydrogen) atoms. The number of hydrogen-bond acceptors (Lipinski definition) is 2. The molecule has 0 unspecified atom stereocenters. The van der Waals surface area contributed by atoms with Crippen LogP contribution in [0.25, 0.3) is 0 Å². The van der Waals surface area contributed by atoms with Crippen LogP contribution in [0.3, 0.4) is 0 Å². The van der Waals surface area contributed by atoms with Gasteiger partial charge in [-0.05, 0) is 57.1 Å². The number of aromatic nitrogens is 1. The Balaban J connectivity index is 2.77. The summed E-state index contributed by atoms with van der Waals surface area (Å²) in [6, 6.07) is 1.93. The van der Waals surface area contributed by atoms with Crippen molar-refractivity contribution >= 4 is 55.0 Å². The molecule has 0 spiro atoms. The number of halogens is 2. The SMILES string of the molecule is C=CCNC(=S)Nc1nc(C)c(Br)cc1Br. The van der Waals surface area contributed by atoms with Crippen LogP contribution < -0.4 is 10.6 Å². The predicted molar refractivity (Wildman–Crippen MR) is 78.8 cm³/mol. The molecule has 0 aliphatic heterocycles. The van der Waals surface area contributed by atoms with Crippen LogP contribution in [0.2, 0.25) is 0 Å². The number of anilines is 1. The number of nitrogens with one attached hydrogen (secondary N) is 2. The van der Waals surface area contributed by atoms with Gasteiger partial charge < -0.3 is 10.6 Å². The summed E-state index contributed by atoms with van der Waals surface area (Å²) >= 11 is 11.9. The summed E-state index contributed by atoms with van der Waals surface area (Å²) in [5, 5.41) is 6.50. The highest BCUT2D eigenvalue weighted by molar-refractivity contribution is 9.11. The molecule has 0 aliphatic rings. The lowest BCUT2D eigenvalue weighted by molar-refractivity contribution is 1.05. The number of rotatable bonds is 3. The van der Waals surface area contributed by atoms with Gasteiger partial charge in [-0.2, -0.15) is 0 Å². The molecule has 0 amide bonds. The molecule has 1 rings (SSSR count). The summed E-state index contributed by atoms with van der Waals surface area (Å²) in [6.45, 7) is 6.14. The van der Waals surface area contributed by atoms with Crippen LogP contribution in [0, 0.1) is 6.92 Å². The van der Waals surface area contributed by atoms with E-state index in [-0.39, 0.29) is 0 Å². The number of thiocarbonyl (C=S) groups is 1. The van der Waals surface area contributed by atoms with Crippen molar-refractivity contribution in [3.63, 3.8) is 0 Å². The number of hydrogen-bond donors (Lipinski definition) is 2. The second-order valence-corrected chi connectivity index (χ2v) is 5.13. The molecule has 3 nitrogen and oxygen atoms in total. The summed E-state index contributed by atoms with van der Waals surface area (Å²) in [4.78, 5) is 4.36. The summed E-state index contributed by atoms with van der Waals surface area (Å²) in [5.74, 6) is 0.697. The van der Waals surface area contributed by atoms with E-state index in [4.69, 9.17) is 12.2 Å². The molecule has 0 saturated heterocycles. The van der Waals surface area contributed by atoms with Crippen LogP contribution >= 0.6 is 44.1 Å². The number of pyridine rings is 1. The molecule has 0 fully saturated rings. The summed E-state index contributed by atoms with van der Waals surface area (Å²) in [5.41, 5.74) is 0.900. The van der Waals surface area contributed by atoms with Crippen LogP contribution in [0.5, 0.6) is 0 Å². The van der Waals surface area contributed by atoms with Crippen molar-refractivity contribution in [2.24, 2.45) is 0 Å². The first-order chi connectivity index (χ1) is 7.54. The fraction of sp³-hybridized carbons (Fsp3) is 0.200. The third-order valence-electron chi connectivity index (χ3n) is 1.74. The zero-order valence-electron chi connectivity index (χ0n) is 8.68. The second kappa shape index (κ2) is 6.32. The van der Waals surface area contributed by atoms with Gasteiger partial charge in [0.1, 0.15) is 5.82 Å². The molecule has 1 aromatic rings. The molecule has 2 N–H and O–H groups in total. The highest BCUT2D eigenvalue weighted by Gasteiger charge is 2.06. The Morgan fingerprint density at radius 1 is 1.56 bits per heavy atom. The van der Waals surface area contributed by atoms with Gasteiger partial charge in [0.2, 0.25) is 0 Å². The van der Waals surface area contributed by atoms with E-state index >= 15 is 0 Å². The van der Waals surface area contributed by atoms with Crippen LogP contribution in [-0.2, 0) is 0 Å². The minimum Gasteiger partial charge on any atom is -0.359 e. The zero-order valence-corrected chi connectivity index (χ0v) is 12.7. The maximum atomic E-state index is 5.09. The Morgan fingerprint density at radius 2 is 2.25 bits per heavy atom. The average Bonchev–Trinajstić information content (AvgIpc) is 2.23. The molecular weight excluding hydrogens is 354 g/mol. The standard InChI is InChI=1S/C10H11Br2N3S/c1-3-4-13-10(16)15-9-8(12)5-7(11)6(2)14-9/h3,5H,1,4H2,2H3,(H2,13,14,15,16). The molecule has 1 heterocycles. The average molecular weight is 365 g/mol. The van der Waals surface area contributed by atoms with Crippen LogP contribution in [0.1, 0.15) is 5.69 Å². The molecular formula is C10H11Br2N3S. The van der Waals surface area contributed by atoms with Crippen molar-refractivity contribution in [2.45, 2.75) is 6.92 Å². The van der Waals surface area contributed by atoms with Gasteiger partial charge in [0, 0.05) is 11.0 Å². The van der Waals surface area contributed by atoms with Crippen molar-refractivity contribution in [3.8, 4) is 0 Å². The van der Waals surface area contributed by atoms with Gasteiger partial charge in [-0.1, -0.05) is 6.08 Å². The minimum atomic E-state index is 0.523. The van der Waals surface area contributed by atoms with E-state index in [1.165, 1.54) is 0 Å². The van der Waals surface area contributed by atoms with Crippen LogP contribution in [-0.4, -0.2) is 16.6 Å². The van der Waals surface area contributed by atoms with Gasteiger partial charge in [0.15, 0.2) is 5.11 Å². The third kappa shape index (κ3) is 3.84. The molecule has 0 saturated carbocycles. The van der Waals surface area contributed by atoms with Gasteiger partial charge in [0.25, 0.3) is 0 Å². The van der Waals surface area contributed by atoms with Gasteiger partial charge in [-0.15, -0.1) is 6.58 Å². The van der Waals surface area contributed by atoms with Gasteiger partial charge in [0.05, 0.1) is 10.2 Å². The molecule has 86 valence electrons. The van der Waals surface area contributed by atoms with E-state index in [1.807, 2.05) is 13.0 Å². The number of aryl methyl sites for hydroxylation is 1. The van der Waals surface area contributed by atoms with E-state index in [2.05, 4.69) is 54.1 Å². The van der Waals surface area contributed by atoms with E-state index < -0.39 is 0 Å². The lowest BCUT2D eigenvalue weighted by Crippen LogP contribution is -2.28. The van der Waals surface area contributed by atoms with Crippen molar-refractivity contribution in [1.82, 2.24) is 10.3 Å². The molecule has 0 atom stereocenters. The lowest BCUT2D eigenvalue weighted by Gasteiger charge is -2.11. The maximum absolute atomic E-state index is 5.09. The topological polar surface area (TPSA) is 37.0 Å². The Labute approximate surface area is 117 Å². The fourth-order valence-electron chi connectivity index (χ4n) is 0.963. The maximum Gasteiger partial charge on any atom is 0.172 e. The largest absolute Gasteiger partial charge is 0.359 e. The number of nitrogens with zero attached hydrogens (tertiary/aromatic N) is 1. The van der Waals surface area contributed by atoms with Crippen molar-refractivity contribution in [1.29, 1.82) is 0 Å². The lowest BCUT2D eigenvalue weighted by atomic mass is 10.4. The minimum absolute atomic E-state index is 0.523. The van der Waals surface area contributed by atoms with Gasteiger partial charge >= 0.3 is 0 Å². The summed E-state index contributed by atoms with van der Waals surface area (Å²) < 4.78 is 1.81. The van der Waals surface area contributed by atoms with Crippen LogP contribution in [0.4, 0.5) is 5.82 Å². The third-order valence-corrected chi connectivity index (χ3v) is 3.40. The Bertz CT molecular complexity index is 421. The van der Waals surface area contributed by atoms with E-state index in [0.29, 0.717) is 17.5 Å². The van der Waals surface area contributed by atoms with E-state index in [1.54, 1.807) is 6.08 Å². The smallest absolute Gasteiger partial charge is 0.172 e. The first kappa shape index (κ1) is 13.6. The fourth-order valence-corrected chi connectivity index (χ4v) is 2.18. The molecule has 0 aromatic carbocycles.